The van der Waals surface area contributed by atoms with Gasteiger partial charge in [0.25, 0.3) is 5.91 Å². The molecule has 0 saturated heterocycles. The highest BCUT2D eigenvalue weighted by atomic mass is 16.4. The molecule has 1 heterocycles. The fourth-order valence-electron chi connectivity index (χ4n) is 2.99. The predicted octanol–water partition coefficient (Wildman–Crippen LogP) is 3.78. The number of carboxylic acid groups (broad SMARTS) is 1. The maximum absolute atomic E-state index is 12.6. The summed E-state index contributed by atoms with van der Waals surface area (Å²) in [6.07, 6.45) is 1.36. The molecule has 0 aliphatic heterocycles. The fraction of sp³-hybridized carbons (Fsp3) is 0.190. The molecule has 1 amide bonds. The number of carbonyl (C=O) groups excluding carboxylic acids is 1. The lowest BCUT2D eigenvalue weighted by Gasteiger charge is -2.22. The SMILES string of the molecule is CC(C)(C)c1ccc(NC(=O)c2c[nH]c3ccccc3c2=O)cc1C(=O)O. The molecular formula is C21H20N2O4. The molecule has 0 saturated carbocycles. The molecule has 2 aromatic carbocycles. The molecule has 138 valence electrons. The number of rotatable bonds is 3. The number of amides is 1. The first-order valence-corrected chi connectivity index (χ1v) is 8.48. The number of para-hydroxylation sites is 1. The number of hydrogen-bond acceptors (Lipinski definition) is 3. The Bertz CT molecular complexity index is 1110. The molecular weight excluding hydrogens is 344 g/mol. The summed E-state index contributed by atoms with van der Waals surface area (Å²) in [7, 11) is 0. The molecule has 6 heteroatoms. The van der Waals surface area contributed by atoms with E-state index in [4.69, 9.17) is 0 Å². The van der Waals surface area contributed by atoms with Crippen molar-refractivity contribution in [2.75, 3.05) is 5.32 Å². The molecule has 0 spiro atoms. The largest absolute Gasteiger partial charge is 0.478 e. The van der Waals surface area contributed by atoms with Crippen molar-refractivity contribution in [3.63, 3.8) is 0 Å². The molecule has 3 aromatic rings. The molecule has 0 aliphatic rings. The van der Waals surface area contributed by atoms with E-state index in [0.29, 0.717) is 22.2 Å². The first kappa shape index (κ1) is 18.4. The van der Waals surface area contributed by atoms with Crippen LogP contribution < -0.4 is 10.7 Å². The molecule has 1 aromatic heterocycles. The summed E-state index contributed by atoms with van der Waals surface area (Å²) in [4.78, 5) is 39.6. The molecule has 3 rings (SSSR count). The molecule has 3 N–H and O–H groups in total. The predicted molar refractivity (Wildman–Crippen MR) is 105 cm³/mol. The van der Waals surface area contributed by atoms with E-state index in [1.165, 1.54) is 12.3 Å². The van der Waals surface area contributed by atoms with Crippen molar-refractivity contribution in [3.05, 3.63) is 75.6 Å². The molecule has 27 heavy (non-hydrogen) atoms. The van der Waals surface area contributed by atoms with E-state index < -0.39 is 11.9 Å². The first-order chi connectivity index (χ1) is 12.7. The van der Waals surface area contributed by atoms with Crippen LogP contribution in [0.1, 0.15) is 47.1 Å². The van der Waals surface area contributed by atoms with Gasteiger partial charge in [0.15, 0.2) is 0 Å². The summed E-state index contributed by atoms with van der Waals surface area (Å²) in [5, 5.41) is 12.5. The van der Waals surface area contributed by atoms with Crippen molar-refractivity contribution in [2.24, 2.45) is 0 Å². The smallest absolute Gasteiger partial charge is 0.336 e. The van der Waals surface area contributed by atoms with Crippen molar-refractivity contribution in [3.8, 4) is 0 Å². The second-order valence-corrected chi connectivity index (χ2v) is 7.35. The number of aromatic amines is 1. The van der Waals surface area contributed by atoms with Crippen LogP contribution >= 0.6 is 0 Å². The highest BCUT2D eigenvalue weighted by molar-refractivity contribution is 6.06. The number of carboxylic acids is 1. The summed E-state index contributed by atoms with van der Waals surface area (Å²) in [6.45, 7) is 5.75. The molecule has 0 bridgehead atoms. The van der Waals surface area contributed by atoms with Crippen LogP contribution in [-0.2, 0) is 5.41 Å². The topological polar surface area (TPSA) is 99.3 Å². The number of aromatic nitrogens is 1. The zero-order chi connectivity index (χ0) is 19.8. The number of anilines is 1. The normalized spacial score (nSPS) is 11.4. The van der Waals surface area contributed by atoms with Gasteiger partial charge in [0.05, 0.1) is 5.56 Å². The van der Waals surface area contributed by atoms with Gasteiger partial charge in [0, 0.05) is 22.8 Å². The maximum atomic E-state index is 12.6. The van der Waals surface area contributed by atoms with E-state index in [-0.39, 0.29) is 22.0 Å². The summed E-state index contributed by atoms with van der Waals surface area (Å²) in [5.41, 5.74) is 0.965. The zero-order valence-electron chi connectivity index (χ0n) is 15.3. The number of hydrogen-bond donors (Lipinski definition) is 3. The number of nitrogens with one attached hydrogen (secondary N) is 2. The third-order valence-corrected chi connectivity index (χ3v) is 4.35. The Labute approximate surface area is 155 Å². The minimum Gasteiger partial charge on any atom is -0.478 e. The summed E-state index contributed by atoms with van der Waals surface area (Å²) < 4.78 is 0. The Balaban J connectivity index is 1.97. The lowest BCUT2D eigenvalue weighted by Crippen LogP contribution is -2.22. The number of pyridine rings is 1. The van der Waals surface area contributed by atoms with E-state index in [9.17, 15) is 19.5 Å². The Morgan fingerprint density at radius 1 is 1.04 bits per heavy atom. The average Bonchev–Trinajstić information content (AvgIpc) is 2.61. The van der Waals surface area contributed by atoms with E-state index >= 15 is 0 Å². The van der Waals surface area contributed by atoms with Gasteiger partial charge in [-0.1, -0.05) is 39.0 Å². The Hall–Kier alpha value is -3.41. The number of aromatic carboxylic acids is 1. The van der Waals surface area contributed by atoms with Gasteiger partial charge < -0.3 is 15.4 Å². The molecule has 6 nitrogen and oxygen atoms in total. The molecule has 0 aliphatic carbocycles. The van der Waals surface area contributed by atoms with E-state index in [0.717, 1.165) is 0 Å². The first-order valence-electron chi connectivity index (χ1n) is 8.48. The highest BCUT2D eigenvalue weighted by Gasteiger charge is 2.22. The van der Waals surface area contributed by atoms with Gasteiger partial charge in [0.2, 0.25) is 5.43 Å². The Kier molecular flexibility index (Phi) is 4.57. The van der Waals surface area contributed by atoms with Crippen LogP contribution in [0.25, 0.3) is 10.9 Å². The number of benzene rings is 2. The van der Waals surface area contributed by atoms with Crippen LogP contribution in [0.2, 0.25) is 0 Å². The van der Waals surface area contributed by atoms with E-state index in [1.807, 2.05) is 20.8 Å². The van der Waals surface area contributed by atoms with Gasteiger partial charge >= 0.3 is 5.97 Å². The summed E-state index contributed by atoms with van der Waals surface area (Å²) in [6, 6.07) is 11.7. The van der Waals surface area contributed by atoms with Gasteiger partial charge in [-0.15, -0.1) is 0 Å². The zero-order valence-corrected chi connectivity index (χ0v) is 15.3. The maximum Gasteiger partial charge on any atom is 0.336 e. The third kappa shape index (κ3) is 3.60. The molecule has 0 atom stereocenters. The standard InChI is InChI=1S/C21H20N2O4/c1-21(2,3)16-9-8-12(10-14(16)20(26)27)23-19(25)15-11-22-17-7-5-4-6-13(17)18(15)24/h4-11H,1-3H3,(H,22,24)(H,23,25)(H,26,27). The monoisotopic (exact) mass is 364 g/mol. The van der Waals surface area contributed by atoms with Crippen molar-refractivity contribution >= 4 is 28.5 Å². The molecule has 0 unspecified atom stereocenters. The second-order valence-electron chi connectivity index (χ2n) is 7.35. The lowest BCUT2D eigenvalue weighted by atomic mass is 9.83. The number of fused-ring (bicyclic) bond motifs is 1. The fourth-order valence-corrected chi connectivity index (χ4v) is 2.99. The minimum atomic E-state index is -1.07. The van der Waals surface area contributed by atoms with Gasteiger partial charge in [-0.2, -0.15) is 0 Å². The van der Waals surface area contributed by atoms with Gasteiger partial charge in [-0.25, -0.2) is 4.79 Å². The van der Waals surface area contributed by atoms with Crippen LogP contribution in [0.15, 0.2) is 53.5 Å². The van der Waals surface area contributed by atoms with Gasteiger partial charge in [0.1, 0.15) is 5.56 Å². The van der Waals surface area contributed by atoms with Crippen LogP contribution in [0.3, 0.4) is 0 Å². The van der Waals surface area contributed by atoms with Crippen molar-refractivity contribution in [2.45, 2.75) is 26.2 Å². The molecule has 0 fully saturated rings. The van der Waals surface area contributed by atoms with Crippen LogP contribution in [0, 0.1) is 0 Å². The van der Waals surface area contributed by atoms with Crippen LogP contribution in [0.4, 0.5) is 5.69 Å². The second kappa shape index (κ2) is 6.72. The van der Waals surface area contributed by atoms with Crippen molar-refractivity contribution in [1.82, 2.24) is 4.98 Å². The lowest BCUT2D eigenvalue weighted by molar-refractivity contribution is 0.0694. The number of carbonyl (C=O) groups is 2. The molecule has 0 radical (unpaired) electrons. The van der Waals surface area contributed by atoms with Gasteiger partial charge in [-0.3, -0.25) is 9.59 Å². The van der Waals surface area contributed by atoms with E-state index in [1.54, 1.807) is 36.4 Å². The van der Waals surface area contributed by atoms with Crippen LogP contribution in [0.5, 0.6) is 0 Å². The van der Waals surface area contributed by atoms with Gasteiger partial charge in [-0.05, 0) is 35.2 Å². The third-order valence-electron chi connectivity index (χ3n) is 4.35. The van der Waals surface area contributed by atoms with Crippen molar-refractivity contribution in [1.29, 1.82) is 0 Å². The highest BCUT2D eigenvalue weighted by Crippen LogP contribution is 2.28. The summed E-state index contributed by atoms with van der Waals surface area (Å²) in [5.74, 6) is -1.67. The number of H-pyrrole nitrogens is 1. The summed E-state index contributed by atoms with van der Waals surface area (Å²) >= 11 is 0. The van der Waals surface area contributed by atoms with Crippen LogP contribution in [-0.4, -0.2) is 22.0 Å². The average molecular weight is 364 g/mol. The Morgan fingerprint density at radius 2 is 1.74 bits per heavy atom. The van der Waals surface area contributed by atoms with Crippen molar-refractivity contribution < 1.29 is 14.7 Å². The quantitative estimate of drug-likeness (QED) is 0.658. The Morgan fingerprint density at radius 3 is 2.41 bits per heavy atom. The van der Waals surface area contributed by atoms with E-state index in [2.05, 4.69) is 10.3 Å². The minimum absolute atomic E-state index is 0.0366.